The van der Waals surface area contributed by atoms with Crippen molar-refractivity contribution in [1.82, 2.24) is 0 Å². The number of rotatable bonds is 3. The van der Waals surface area contributed by atoms with Crippen molar-refractivity contribution in [3.05, 3.63) is 0 Å². The summed E-state index contributed by atoms with van der Waals surface area (Å²) in [5.41, 5.74) is 0. The van der Waals surface area contributed by atoms with E-state index < -0.39 is 23.7 Å². The summed E-state index contributed by atoms with van der Waals surface area (Å²) >= 11 is 0. The summed E-state index contributed by atoms with van der Waals surface area (Å²) in [6, 6.07) is 0. The van der Waals surface area contributed by atoms with Crippen molar-refractivity contribution in [1.29, 1.82) is 0 Å². The van der Waals surface area contributed by atoms with Crippen molar-refractivity contribution in [2.75, 3.05) is 0 Å². The molecular weight excluding hydrogens is 154 g/mol. The lowest BCUT2D eigenvalue weighted by atomic mass is 10.0. The topological polar surface area (TPSA) is 37.3 Å². The lowest BCUT2D eigenvalue weighted by Gasteiger charge is -2.06. The molecule has 2 atom stereocenters. The van der Waals surface area contributed by atoms with Crippen LogP contribution in [0.15, 0.2) is 0 Å². The van der Waals surface area contributed by atoms with Crippen LogP contribution in [-0.4, -0.2) is 17.0 Å². The third-order valence-electron chi connectivity index (χ3n) is 2.12. The van der Waals surface area contributed by atoms with Gasteiger partial charge in [0.05, 0.1) is 5.92 Å². The molecule has 1 fully saturated rings. The van der Waals surface area contributed by atoms with Crippen LogP contribution in [0.2, 0.25) is 0 Å². The van der Waals surface area contributed by atoms with Crippen LogP contribution in [0, 0.1) is 11.8 Å². The predicted molar refractivity (Wildman–Crippen MR) is 34.5 cm³/mol. The van der Waals surface area contributed by atoms with Gasteiger partial charge in [0.2, 0.25) is 0 Å². The molecule has 0 amide bonds. The van der Waals surface area contributed by atoms with Crippen LogP contribution in [0.5, 0.6) is 0 Å². The summed E-state index contributed by atoms with van der Waals surface area (Å²) in [5.74, 6) is -5.58. The van der Waals surface area contributed by atoms with Crippen molar-refractivity contribution < 1.29 is 18.7 Å². The fourth-order valence-electron chi connectivity index (χ4n) is 1.30. The molecule has 64 valence electrons. The Morgan fingerprint density at radius 1 is 1.82 bits per heavy atom. The Morgan fingerprint density at radius 3 is 2.36 bits per heavy atom. The second-order valence-electron chi connectivity index (χ2n) is 2.92. The van der Waals surface area contributed by atoms with E-state index >= 15 is 0 Å². The Bertz CT molecular complexity index is 179. The van der Waals surface area contributed by atoms with Crippen molar-refractivity contribution in [3.63, 3.8) is 0 Å². The van der Waals surface area contributed by atoms with E-state index in [1.165, 1.54) is 0 Å². The summed E-state index contributed by atoms with van der Waals surface area (Å²) in [7, 11) is 0. The molecule has 1 aliphatic carbocycles. The maximum absolute atomic E-state index is 12.3. The number of carboxylic acids is 1. The molecule has 0 heterocycles. The Hall–Kier alpha value is -0.670. The first-order valence-corrected chi connectivity index (χ1v) is 3.59. The van der Waals surface area contributed by atoms with Gasteiger partial charge in [-0.1, -0.05) is 6.92 Å². The van der Waals surface area contributed by atoms with Crippen LogP contribution in [0.25, 0.3) is 0 Å². The molecule has 1 aliphatic rings. The second-order valence-corrected chi connectivity index (χ2v) is 2.92. The molecule has 4 heteroatoms. The predicted octanol–water partition coefficient (Wildman–Crippen LogP) is 1.75. The quantitative estimate of drug-likeness (QED) is 0.689. The second kappa shape index (κ2) is 2.43. The van der Waals surface area contributed by atoms with Gasteiger partial charge in [0, 0.05) is 12.3 Å². The molecule has 0 radical (unpaired) electrons. The molecule has 11 heavy (non-hydrogen) atoms. The van der Waals surface area contributed by atoms with Crippen LogP contribution in [0.1, 0.15) is 19.8 Å². The zero-order valence-corrected chi connectivity index (χ0v) is 6.18. The van der Waals surface area contributed by atoms with Crippen LogP contribution in [0.3, 0.4) is 0 Å². The minimum absolute atomic E-state index is 0.252. The molecule has 0 bridgehead atoms. The van der Waals surface area contributed by atoms with Gasteiger partial charge in [0.25, 0.3) is 5.92 Å². The smallest absolute Gasteiger partial charge is 0.306 e. The molecule has 0 aromatic carbocycles. The first-order chi connectivity index (χ1) is 4.99. The van der Waals surface area contributed by atoms with Gasteiger partial charge < -0.3 is 5.11 Å². The third-order valence-corrected chi connectivity index (χ3v) is 2.12. The number of aliphatic carboxylic acids is 1. The highest BCUT2D eigenvalue weighted by molar-refractivity contribution is 5.71. The molecule has 2 unspecified atom stereocenters. The molecule has 1 N–H and O–H groups in total. The molecule has 0 spiro atoms. The Balaban J connectivity index is 2.53. The average molecular weight is 164 g/mol. The molecular formula is C7H10F2O2. The highest BCUT2D eigenvalue weighted by atomic mass is 19.3. The monoisotopic (exact) mass is 164 g/mol. The molecule has 0 aliphatic heterocycles. The molecule has 1 rings (SSSR count). The van der Waals surface area contributed by atoms with E-state index in [0.717, 1.165) is 0 Å². The number of hydrogen-bond acceptors (Lipinski definition) is 1. The number of hydrogen-bond donors (Lipinski definition) is 1. The normalized spacial score (nSPS) is 29.5. The Kier molecular flexibility index (Phi) is 1.86. The van der Waals surface area contributed by atoms with Gasteiger partial charge in [-0.25, -0.2) is 8.78 Å². The zero-order chi connectivity index (χ0) is 8.65. The van der Waals surface area contributed by atoms with Gasteiger partial charge >= 0.3 is 5.97 Å². The van der Waals surface area contributed by atoms with E-state index in [9.17, 15) is 13.6 Å². The molecule has 0 saturated heterocycles. The SMILES string of the molecule is CCC(C(=O)O)C1CC1(F)F. The minimum Gasteiger partial charge on any atom is -0.481 e. The molecule has 0 aromatic rings. The number of carbonyl (C=O) groups is 1. The number of carboxylic acid groups (broad SMARTS) is 1. The number of alkyl halides is 2. The molecule has 1 saturated carbocycles. The first-order valence-electron chi connectivity index (χ1n) is 3.59. The molecule has 0 aromatic heterocycles. The van der Waals surface area contributed by atoms with Crippen molar-refractivity contribution in [2.45, 2.75) is 25.7 Å². The van der Waals surface area contributed by atoms with Crippen LogP contribution >= 0.6 is 0 Å². The van der Waals surface area contributed by atoms with E-state index in [4.69, 9.17) is 5.11 Å². The summed E-state index contributed by atoms with van der Waals surface area (Å²) in [4.78, 5) is 10.4. The fraction of sp³-hybridized carbons (Fsp3) is 0.857. The summed E-state index contributed by atoms with van der Waals surface area (Å²) < 4.78 is 24.7. The third kappa shape index (κ3) is 1.49. The van der Waals surface area contributed by atoms with E-state index in [0.29, 0.717) is 0 Å². The van der Waals surface area contributed by atoms with Gasteiger partial charge in [-0.15, -0.1) is 0 Å². The van der Waals surface area contributed by atoms with Gasteiger partial charge in [0.1, 0.15) is 0 Å². The van der Waals surface area contributed by atoms with Crippen molar-refractivity contribution in [3.8, 4) is 0 Å². The van der Waals surface area contributed by atoms with Gasteiger partial charge in [-0.05, 0) is 6.42 Å². The fourth-order valence-corrected chi connectivity index (χ4v) is 1.30. The standard InChI is InChI=1S/C7H10F2O2/c1-2-4(6(10)11)5-3-7(5,8)9/h4-5H,2-3H2,1H3,(H,10,11). The highest BCUT2D eigenvalue weighted by Crippen LogP contribution is 2.53. The summed E-state index contributed by atoms with van der Waals surface area (Å²) in [5, 5.41) is 8.48. The lowest BCUT2D eigenvalue weighted by Crippen LogP contribution is -2.18. The van der Waals surface area contributed by atoms with Crippen LogP contribution in [-0.2, 0) is 4.79 Å². The highest BCUT2D eigenvalue weighted by Gasteiger charge is 2.61. The zero-order valence-electron chi connectivity index (χ0n) is 6.18. The average Bonchev–Trinajstić information content (AvgIpc) is 2.41. The van der Waals surface area contributed by atoms with E-state index in [-0.39, 0.29) is 12.8 Å². The largest absolute Gasteiger partial charge is 0.481 e. The summed E-state index contributed by atoms with van der Waals surface area (Å²) in [6.45, 7) is 1.62. The molecule has 2 nitrogen and oxygen atoms in total. The van der Waals surface area contributed by atoms with E-state index in [2.05, 4.69) is 0 Å². The summed E-state index contributed by atoms with van der Waals surface area (Å²) in [6.07, 6.45) is 0.0351. The van der Waals surface area contributed by atoms with Crippen LogP contribution in [0.4, 0.5) is 8.78 Å². The minimum atomic E-state index is -2.71. The maximum Gasteiger partial charge on any atom is 0.306 e. The number of halogens is 2. The van der Waals surface area contributed by atoms with E-state index in [1.807, 2.05) is 0 Å². The maximum atomic E-state index is 12.3. The van der Waals surface area contributed by atoms with Gasteiger partial charge in [0.15, 0.2) is 0 Å². The Labute approximate surface area is 63.2 Å². The lowest BCUT2D eigenvalue weighted by molar-refractivity contribution is -0.143. The van der Waals surface area contributed by atoms with Crippen LogP contribution < -0.4 is 0 Å². The van der Waals surface area contributed by atoms with E-state index in [1.54, 1.807) is 6.92 Å². The first kappa shape index (κ1) is 8.43. The van der Waals surface area contributed by atoms with Crippen molar-refractivity contribution >= 4 is 5.97 Å². The van der Waals surface area contributed by atoms with Gasteiger partial charge in [-0.2, -0.15) is 0 Å². The Morgan fingerprint density at radius 2 is 2.27 bits per heavy atom. The van der Waals surface area contributed by atoms with Crippen molar-refractivity contribution in [2.24, 2.45) is 11.8 Å². The van der Waals surface area contributed by atoms with Gasteiger partial charge in [-0.3, -0.25) is 4.79 Å².